The zero-order valence-electron chi connectivity index (χ0n) is 30.5. The van der Waals surface area contributed by atoms with Gasteiger partial charge in [0.25, 0.3) is 0 Å². The summed E-state index contributed by atoms with van der Waals surface area (Å²) in [4.78, 5) is 28.4. The Balaban J connectivity index is 1.41. The Bertz CT molecular complexity index is 1790. The summed E-state index contributed by atoms with van der Waals surface area (Å²) in [7, 11) is 3.44. The Labute approximate surface area is 297 Å². The highest BCUT2D eigenvalue weighted by atomic mass is 16.6. The third kappa shape index (κ3) is 9.51. The van der Waals surface area contributed by atoms with Crippen LogP contribution in [0.5, 0.6) is 0 Å². The van der Waals surface area contributed by atoms with Crippen molar-refractivity contribution in [1.82, 2.24) is 19.6 Å². The Morgan fingerprint density at radius 2 is 1.70 bits per heavy atom. The van der Waals surface area contributed by atoms with Crippen molar-refractivity contribution in [2.24, 2.45) is 0 Å². The number of nitrogens with zero attached hydrogens (tertiary/aromatic N) is 4. The summed E-state index contributed by atoms with van der Waals surface area (Å²) in [5.41, 5.74) is 7.57. The minimum Gasteiger partial charge on any atom is -0.444 e. The Kier molecular flexibility index (Phi) is 12.3. The first-order valence-corrected chi connectivity index (χ1v) is 17.9. The number of amides is 2. The second-order valence-electron chi connectivity index (χ2n) is 14.1. The molecule has 1 aromatic heterocycles. The molecule has 8 nitrogen and oxygen atoms in total. The van der Waals surface area contributed by atoms with Gasteiger partial charge in [-0.05, 0) is 111 Å². The van der Waals surface area contributed by atoms with Gasteiger partial charge in [-0.1, -0.05) is 73.7 Å². The van der Waals surface area contributed by atoms with Crippen LogP contribution in [0.1, 0.15) is 88.3 Å². The fourth-order valence-corrected chi connectivity index (χ4v) is 6.32. The molecule has 0 radical (unpaired) electrons. The molecule has 8 heteroatoms. The largest absolute Gasteiger partial charge is 0.444 e. The summed E-state index contributed by atoms with van der Waals surface area (Å²) in [5, 5.41) is 5.84. The van der Waals surface area contributed by atoms with Gasteiger partial charge in [0.15, 0.2) is 6.23 Å². The van der Waals surface area contributed by atoms with Crippen molar-refractivity contribution in [3.05, 3.63) is 113 Å². The molecule has 0 N–H and O–H groups in total. The van der Waals surface area contributed by atoms with Gasteiger partial charge in [-0.15, -0.1) is 0 Å². The summed E-state index contributed by atoms with van der Waals surface area (Å²) in [5.74, 6) is -0.0788. The lowest BCUT2D eigenvalue weighted by Crippen LogP contribution is -2.38. The second kappa shape index (κ2) is 16.8. The van der Waals surface area contributed by atoms with Gasteiger partial charge in [0.05, 0.1) is 11.7 Å². The van der Waals surface area contributed by atoms with E-state index in [1.165, 1.54) is 21.6 Å². The van der Waals surface area contributed by atoms with E-state index in [4.69, 9.17) is 14.6 Å². The number of carbonyl (C=O) groups excluding carboxylic acids is 2. The molecular weight excluding hydrogens is 624 g/mol. The number of aromatic nitrogens is 2. The predicted molar refractivity (Wildman–Crippen MR) is 202 cm³/mol. The van der Waals surface area contributed by atoms with E-state index in [-0.39, 0.29) is 18.2 Å². The van der Waals surface area contributed by atoms with Crippen LogP contribution in [-0.4, -0.2) is 71.0 Å². The maximum absolute atomic E-state index is 13.1. The SMILES string of the molecule is CC/C(=C(/c1ccc(CCN(CC/C=C/C(=O)N(C)C)C(=O)OC(C)(C)C)cc1)c1ccc2c(cnn2C2CCCCO2)c1)c1ccccc1. The predicted octanol–water partition coefficient (Wildman–Crippen LogP) is 8.92. The number of allylic oxidation sites excluding steroid dienone is 1. The van der Waals surface area contributed by atoms with E-state index < -0.39 is 5.60 Å². The summed E-state index contributed by atoms with van der Waals surface area (Å²) in [6.45, 7) is 9.57. The van der Waals surface area contributed by atoms with Crippen molar-refractivity contribution in [2.75, 3.05) is 33.8 Å². The zero-order chi connectivity index (χ0) is 35.7. The lowest BCUT2D eigenvalue weighted by molar-refractivity contribution is -0.123. The molecule has 2 heterocycles. The third-order valence-electron chi connectivity index (χ3n) is 8.92. The van der Waals surface area contributed by atoms with Crippen LogP contribution >= 0.6 is 0 Å². The Hall–Kier alpha value is -4.69. The number of benzene rings is 3. The van der Waals surface area contributed by atoms with E-state index in [1.54, 1.807) is 25.1 Å². The van der Waals surface area contributed by atoms with Crippen LogP contribution < -0.4 is 0 Å². The zero-order valence-corrected chi connectivity index (χ0v) is 30.5. The second-order valence-corrected chi connectivity index (χ2v) is 14.1. The van der Waals surface area contributed by atoms with Gasteiger partial charge in [-0.2, -0.15) is 5.10 Å². The first-order chi connectivity index (χ1) is 24.0. The van der Waals surface area contributed by atoms with Crippen molar-refractivity contribution in [3.63, 3.8) is 0 Å². The van der Waals surface area contributed by atoms with Crippen LogP contribution in [0.4, 0.5) is 4.79 Å². The normalized spacial score (nSPS) is 15.6. The van der Waals surface area contributed by atoms with E-state index in [2.05, 4.69) is 79.7 Å². The van der Waals surface area contributed by atoms with E-state index in [0.29, 0.717) is 25.9 Å². The molecule has 2 amide bonds. The van der Waals surface area contributed by atoms with Gasteiger partial charge >= 0.3 is 6.09 Å². The Morgan fingerprint density at radius 3 is 2.36 bits per heavy atom. The van der Waals surface area contributed by atoms with E-state index >= 15 is 0 Å². The number of carbonyl (C=O) groups is 2. The average molecular weight is 677 g/mol. The molecule has 1 fully saturated rings. The van der Waals surface area contributed by atoms with Crippen LogP contribution in [0, 0.1) is 0 Å². The fraction of sp³-hybridized carbons (Fsp3) is 0.405. The maximum atomic E-state index is 13.1. The molecular formula is C42H52N4O4. The summed E-state index contributed by atoms with van der Waals surface area (Å²) >= 11 is 0. The van der Waals surface area contributed by atoms with Crippen LogP contribution in [0.25, 0.3) is 22.0 Å². The molecule has 4 aromatic rings. The lowest BCUT2D eigenvalue weighted by Gasteiger charge is -2.27. The van der Waals surface area contributed by atoms with Gasteiger partial charge in [-0.25, -0.2) is 9.48 Å². The molecule has 1 unspecified atom stereocenters. The smallest absolute Gasteiger partial charge is 0.410 e. The summed E-state index contributed by atoms with van der Waals surface area (Å²) in [6, 6.07) is 26.0. The molecule has 3 aromatic carbocycles. The number of hydrogen-bond donors (Lipinski definition) is 0. The van der Waals surface area contributed by atoms with Crippen molar-refractivity contribution in [2.45, 2.75) is 78.0 Å². The van der Waals surface area contributed by atoms with Gasteiger partial charge in [0, 0.05) is 39.2 Å². The molecule has 0 spiro atoms. The molecule has 1 aliphatic rings. The molecule has 1 atom stereocenters. The molecule has 50 heavy (non-hydrogen) atoms. The minimum absolute atomic E-state index is 0.0137. The van der Waals surface area contributed by atoms with Crippen molar-refractivity contribution < 1.29 is 19.1 Å². The Morgan fingerprint density at radius 1 is 0.960 bits per heavy atom. The molecule has 1 aliphatic heterocycles. The first-order valence-electron chi connectivity index (χ1n) is 17.9. The number of likely N-dealkylation sites (N-methyl/N-ethyl adjacent to an activating group) is 1. The quantitative estimate of drug-likeness (QED) is 0.111. The van der Waals surface area contributed by atoms with E-state index in [1.807, 2.05) is 37.7 Å². The highest BCUT2D eigenvalue weighted by molar-refractivity contribution is 6.00. The van der Waals surface area contributed by atoms with Crippen LogP contribution in [0.3, 0.4) is 0 Å². The average Bonchev–Trinajstić information content (AvgIpc) is 3.54. The standard InChI is InChI=1S/C42H52N4O4/c1-7-36(32-15-9-8-10-16-32)40(34-23-24-37-35(29-34)30-43-46(37)39-18-12-14-28-49-39)33-21-19-31(20-22-33)25-27-45(41(48)50-42(2,3)4)26-13-11-17-38(47)44(5)6/h8-11,15-17,19-24,29-30,39H,7,12-14,18,25-28H2,1-6H3/b17-11+,40-36+. The van der Waals surface area contributed by atoms with Gasteiger partial charge in [0.2, 0.25) is 5.91 Å². The monoisotopic (exact) mass is 676 g/mol. The molecule has 0 bridgehead atoms. The van der Waals surface area contributed by atoms with Crippen molar-refractivity contribution >= 4 is 34.0 Å². The number of ether oxygens (including phenoxy) is 2. The number of rotatable bonds is 12. The minimum atomic E-state index is -0.600. The molecule has 0 aliphatic carbocycles. The van der Waals surface area contributed by atoms with Gasteiger partial charge in [0.1, 0.15) is 5.60 Å². The van der Waals surface area contributed by atoms with Crippen molar-refractivity contribution in [1.29, 1.82) is 0 Å². The molecule has 5 rings (SSSR count). The lowest BCUT2D eigenvalue weighted by atomic mass is 9.87. The van der Waals surface area contributed by atoms with Crippen LogP contribution in [0.2, 0.25) is 0 Å². The summed E-state index contributed by atoms with van der Waals surface area (Å²) in [6.07, 6.45) is 10.3. The fourth-order valence-electron chi connectivity index (χ4n) is 6.32. The van der Waals surface area contributed by atoms with Crippen molar-refractivity contribution in [3.8, 4) is 0 Å². The van der Waals surface area contributed by atoms with Gasteiger partial charge < -0.3 is 19.3 Å². The highest BCUT2D eigenvalue weighted by Gasteiger charge is 2.23. The number of hydrogen-bond acceptors (Lipinski definition) is 5. The molecule has 264 valence electrons. The first kappa shape index (κ1) is 36.6. The topological polar surface area (TPSA) is 76.9 Å². The molecule has 1 saturated heterocycles. The van der Waals surface area contributed by atoms with Gasteiger partial charge in [-0.3, -0.25) is 4.79 Å². The number of fused-ring (bicyclic) bond motifs is 1. The third-order valence-corrected chi connectivity index (χ3v) is 8.92. The van der Waals surface area contributed by atoms with E-state index in [9.17, 15) is 9.59 Å². The maximum Gasteiger partial charge on any atom is 0.410 e. The van der Waals surface area contributed by atoms with Crippen LogP contribution in [0.15, 0.2) is 91.1 Å². The van der Waals surface area contributed by atoms with E-state index in [0.717, 1.165) is 59.9 Å². The molecule has 0 saturated carbocycles. The van der Waals surface area contributed by atoms with Crippen LogP contribution in [-0.2, 0) is 20.7 Å². The summed E-state index contributed by atoms with van der Waals surface area (Å²) < 4.78 is 13.8. The highest BCUT2D eigenvalue weighted by Crippen LogP contribution is 2.36.